The number of anilines is 1. The van der Waals surface area contributed by atoms with Gasteiger partial charge in [0.25, 0.3) is 0 Å². The van der Waals surface area contributed by atoms with Crippen LogP contribution in [0.15, 0.2) is 30.7 Å². The minimum Gasteiger partial charge on any atom is -0.444 e. The molecule has 0 saturated carbocycles. The molecule has 2 rings (SSSR count). The first-order valence-corrected chi connectivity index (χ1v) is 7.90. The lowest BCUT2D eigenvalue weighted by molar-refractivity contribution is 0.0636. The highest BCUT2D eigenvalue weighted by atomic mass is 16.6. The summed E-state index contributed by atoms with van der Waals surface area (Å²) in [6, 6.07) is 3.20. The number of rotatable bonds is 4. The maximum absolute atomic E-state index is 11.8. The summed E-state index contributed by atoms with van der Waals surface area (Å²) in [6.07, 6.45) is 2.63. The minimum absolute atomic E-state index is 0.376. The van der Waals surface area contributed by atoms with Crippen LogP contribution in [0.3, 0.4) is 0 Å². The van der Waals surface area contributed by atoms with Gasteiger partial charge in [0.05, 0.1) is 23.8 Å². The van der Waals surface area contributed by atoms with Crippen molar-refractivity contribution in [3.63, 3.8) is 0 Å². The molecule has 1 amide bonds. The van der Waals surface area contributed by atoms with Crippen LogP contribution in [0.25, 0.3) is 0 Å². The number of amides is 1. The van der Waals surface area contributed by atoms with E-state index in [1.54, 1.807) is 46.8 Å². The fourth-order valence-electron chi connectivity index (χ4n) is 2.25. The largest absolute Gasteiger partial charge is 0.444 e. The van der Waals surface area contributed by atoms with E-state index in [2.05, 4.69) is 15.4 Å². The Morgan fingerprint density at radius 2 is 2.04 bits per heavy atom. The molecule has 136 valence electrons. The SMILES string of the molecule is [2H]C([2H])([2H])n1cc(C(C)(C)C(O)c2ccc(NC(=O)OC(C)(C)C)cn2)cn1. The van der Waals surface area contributed by atoms with Crippen LogP contribution < -0.4 is 5.32 Å². The summed E-state index contributed by atoms with van der Waals surface area (Å²) < 4.78 is 28.3. The lowest BCUT2D eigenvalue weighted by Gasteiger charge is -2.29. The average Bonchev–Trinajstić information content (AvgIpc) is 3.04. The summed E-state index contributed by atoms with van der Waals surface area (Å²) in [4.78, 5) is 16.0. The number of nitrogens with one attached hydrogen (secondary N) is 1. The highest BCUT2D eigenvalue weighted by Gasteiger charge is 2.33. The Balaban J connectivity index is 2.14. The van der Waals surface area contributed by atoms with Gasteiger partial charge in [-0.25, -0.2) is 4.79 Å². The molecule has 7 heteroatoms. The molecule has 0 aliphatic carbocycles. The molecule has 0 radical (unpaired) electrons. The van der Waals surface area contributed by atoms with E-state index in [0.29, 0.717) is 16.9 Å². The van der Waals surface area contributed by atoms with Crippen LogP contribution in [-0.2, 0) is 17.1 Å². The molecule has 2 N–H and O–H groups in total. The van der Waals surface area contributed by atoms with Gasteiger partial charge in [0.2, 0.25) is 0 Å². The second-order valence-electron chi connectivity index (χ2n) is 7.40. The molecule has 1 atom stereocenters. The molecule has 25 heavy (non-hydrogen) atoms. The number of carbonyl (C=O) groups is 1. The number of hydrogen-bond acceptors (Lipinski definition) is 5. The van der Waals surface area contributed by atoms with Crippen molar-refractivity contribution in [2.45, 2.75) is 51.7 Å². The lowest BCUT2D eigenvalue weighted by atomic mass is 9.79. The van der Waals surface area contributed by atoms with Crippen molar-refractivity contribution in [1.29, 1.82) is 0 Å². The molecular weight excluding hydrogens is 320 g/mol. The van der Waals surface area contributed by atoms with E-state index in [1.165, 1.54) is 18.6 Å². The average molecular weight is 349 g/mol. The molecular formula is C18H26N4O3. The van der Waals surface area contributed by atoms with Crippen molar-refractivity contribution in [3.05, 3.63) is 42.0 Å². The molecule has 1 unspecified atom stereocenters. The molecule has 0 bridgehead atoms. The molecule has 0 aliphatic rings. The number of aliphatic hydroxyl groups is 1. The maximum Gasteiger partial charge on any atom is 0.412 e. The van der Waals surface area contributed by atoms with E-state index < -0.39 is 30.2 Å². The normalized spacial score (nSPS) is 15.7. The Kier molecular flexibility index (Phi) is 4.07. The molecule has 0 fully saturated rings. The Morgan fingerprint density at radius 1 is 1.32 bits per heavy atom. The molecule has 0 spiro atoms. The fourth-order valence-corrected chi connectivity index (χ4v) is 2.25. The Bertz CT molecular complexity index is 824. The van der Waals surface area contributed by atoms with E-state index in [4.69, 9.17) is 8.85 Å². The topological polar surface area (TPSA) is 89.3 Å². The van der Waals surface area contributed by atoms with E-state index in [0.717, 1.165) is 4.68 Å². The lowest BCUT2D eigenvalue weighted by Crippen LogP contribution is -2.28. The number of aliphatic hydroxyl groups excluding tert-OH is 1. The first kappa shape index (κ1) is 14.9. The van der Waals surface area contributed by atoms with Crippen molar-refractivity contribution in [3.8, 4) is 0 Å². The molecule has 2 aromatic heterocycles. The zero-order chi connectivity index (χ0) is 21.3. The predicted octanol–water partition coefficient (Wildman–Crippen LogP) is 3.17. The molecule has 7 nitrogen and oxygen atoms in total. The fraction of sp³-hybridized carbons (Fsp3) is 0.500. The summed E-state index contributed by atoms with van der Waals surface area (Å²) in [7, 11) is 0. The van der Waals surface area contributed by atoms with Crippen LogP contribution in [0.2, 0.25) is 0 Å². The van der Waals surface area contributed by atoms with E-state index >= 15 is 0 Å². The van der Waals surface area contributed by atoms with Crippen LogP contribution >= 0.6 is 0 Å². The summed E-state index contributed by atoms with van der Waals surface area (Å²) in [5, 5.41) is 17.2. The van der Waals surface area contributed by atoms with Crippen molar-refractivity contribution in [2.75, 3.05) is 5.32 Å². The van der Waals surface area contributed by atoms with Crippen LogP contribution in [-0.4, -0.2) is 31.6 Å². The van der Waals surface area contributed by atoms with Crippen LogP contribution in [0.4, 0.5) is 10.5 Å². The summed E-state index contributed by atoms with van der Waals surface area (Å²) in [6.45, 7) is 6.45. The number of hydrogen-bond donors (Lipinski definition) is 2. The second-order valence-corrected chi connectivity index (χ2v) is 7.40. The molecule has 0 aromatic carbocycles. The van der Waals surface area contributed by atoms with Gasteiger partial charge in [-0.05, 0) is 38.5 Å². The molecule has 2 heterocycles. The van der Waals surface area contributed by atoms with Crippen LogP contribution in [0.5, 0.6) is 0 Å². The van der Waals surface area contributed by atoms with E-state index in [1.807, 2.05) is 0 Å². The van der Waals surface area contributed by atoms with Gasteiger partial charge >= 0.3 is 6.09 Å². The van der Waals surface area contributed by atoms with Gasteiger partial charge in [-0.15, -0.1) is 0 Å². The number of pyridine rings is 1. The van der Waals surface area contributed by atoms with Gasteiger partial charge in [-0.1, -0.05) is 13.8 Å². The first-order chi connectivity index (χ1) is 12.7. The third kappa shape index (κ3) is 4.79. The zero-order valence-corrected chi connectivity index (χ0v) is 15.1. The van der Waals surface area contributed by atoms with Crippen LogP contribution in [0, 0.1) is 0 Å². The molecule has 2 aromatic rings. The van der Waals surface area contributed by atoms with E-state index in [9.17, 15) is 9.90 Å². The standard InChI is InChI=1S/C18H26N4O3/c1-17(2,3)25-16(24)21-13-7-8-14(19-10-13)15(23)18(4,5)12-9-20-22(6)11-12/h7-11,15,23H,1-6H3,(H,21,24)/i6D3. The van der Waals surface area contributed by atoms with Gasteiger partial charge in [0, 0.05) is 22.7 Å². The van der Waals surface area contributed by atoms with Crippen molar-refractivity contribution in [2.24, 2.45) is 6.98 Å². The Labute approximate surface area is 152 Å². The van der Waals surface area contributed by atoms with Crippen molar-refractivity contribution >= 4 is 11.8 Å². The number of nitrogens with zero attached hydrogens (tertiary/aromatic N) is 3. The van der Waals surface area contributed by atoms with Gasteiger partial charge in [-0.3, -0.25) is 15.0 Å². The first-order valence-electron chi connectivity index (χ1n) is 9.40. The predicted molar refractivity (Wildman–Crippen MR) is 95.3 cm³/mol. The van der Waals surface area contributed by atoms with Gasteiger partial charge in [-0.2, -0.15) is 5.10 Å². The highest BCUT2D eigenvalue weighted by Crippen LogP contribution is 2.35. The summed E-state index contributed by atoms with van der Waals surface area (Å²) in [5.41, 5.74) is -0.0820. The van der Waals surface area contributed by atoms with Crippen molar-refractivity contribution in [1.82, 2.24) is 14.8 Å². The Morgan fingerprint density at radius 3 is 2.56 bits per heavy atom. The smallest absolute Gasteiger partial charge is 0.412 e. The summed E-state index contributed by atoms with van der Waals surface area (Å²) in [5.74, 6) is 0. The van der Waals surface area contributed by atoms with E-state index in [-0.39, 0.29) is 0 Å². The monoisotopic (exact) mass is 349 g/mol. The van der Waals surface area contributed by atoms with Gasteiger partial charge in [0.1, 0.15) is 11.7 Å². The zero-order valence-electron chi connectivity index (χ0n) is 18.1. The molecule has 0 aliphatic heterocycles. The number of carbonyl (C=O) groups excluding carboxylic acids is 1. The van der Waals surface area contributed by atoms with Crippen LogP contribution in [0.1, 0.15) is 56.1 Å². The second kappa shape index (κ2) is 6.84. The molecule has 0 saturated heterocycles. The van der Waals surface area contributed by atoms with Gasteiger partial charge < -0.3 is 9.84 Å². The minimum atomic E-state index is -2.38. The number of aromatic nitrogens is 3. The maximum atomic E-state index is 11.8. The number of ether oxygens (including phenoxy) is 1. The summed E-state index contributed by atoms with van der Waals surface area (Å²) >= 11 is 0. The quantitative estimate of drug-likeness (QED) is 0.885. The highest BCUT2D eigenvalue weighted by molar-refractivity contribution is 5.84. The number of aryl methyl sites for hydroxylation is 1. The Hall–Kier alpha value is -2.41. The van der Waals surface area contributed by atoms with Crippen molar-refractivity contribution < 1.29 is 18.8 Å². The third-order valence-corrected chi connectivity index (χ3v) is 3.72. The third-order valence-electron chi connectivity index (χ3n) is 3.72. The van der Waals surface area contributed by atoms with Gasteiger partial charge in [0.15, 0.2) is 0 Å².